The lowest BCUT2D eigenvalue weighted by Crippen LogP contribution is -2.38. The SMILES string of the molecule is CCN1CCOC(c2noc(CNC)n2)C1. The minimum Gasteiger partial charge on any atom is -0.367 e. The molecule has 0 amide bonds. The zero-order valence-corrected chi connectivity index (χ0v) is 9.77. The van der Waals surface area contributed by atoms with Gasteiger partial charge in [0.2, 0.25) is 11.7 Å². The molecule has 1 fully saturated rings. The van der Waals surface area contributed by atoms with E-state index >= 15 is 0 Å². The van der Waals surface area contributed by atoms with Crippen molar-refractivity contribution in [3.63, 3.8) is 0 Å². The first kappa shape index (κ1) is 11.5. The van der Waals surface area contributed by atoms with Crippen molar-refractivity contribution in [3.05, 3.63) is 11.7 Å². The van der Waals surface area contributed by atoms with Crippen LogP contribution in [0.1, 0.15) is 24.7 Å². The van der Waals surface area contributed by atoms with E-state index in [0.717, 1.165) is 26.2 Å². The molecule has 1 aliphatic heterocycles. The number of morpholine rings is 1. The molecule has 1 aliphatic rings. The number of nitrogens with one attached hydrogen (secondary N) is 1. The molecule has 90 valence electrons. The number of ether oxygens (including phenoxy) is 1. The molecule has 0 aromatic carbocycles. The molecule has 1 unspecified atom stereocenters. The summed E-state index contributed by atoms with van der Waals surface area (Å²) in [4.78, 5) is 6.62. The number of rotatable bonds is 4. The fraction of sp³-hybridized carbons (Fsp3) is 0.800. The van der Waals surface area contributed by atoms with E-state index in [1.165, 1.54) is 0 Å². The molecule has 0 bridgehead atoms. The molecule has 16 heavy (non-hydrogen) atoms. The van der Waals surface area contributed by atoms with Crippen molar-refractivity contribution in [1.29, 1.82) is 0 Å². The summed E-state index contributed by atoms with van der Waals surface area (Å²) in [6, 6.07) is 0. The quantitative estimate of drug-likeness (QED) is 0.790. The summed E-state index contributed by atoms with van der Waals surface area (Å²) in [5.74, 6) is 1.26. The minimum absolute atomic E-state index is 0.0527. The second kappa shape index (κ2) is 5.38. The highest BCUT2D eigenvalue weighted by molar-refractivity contribution is 4.93. The van der Waals surface area contributed by atoms with Gasteiger partial charge in [0.15, 0.2) is 0 Å². The van der Waals surface area contributed by atoms with Crippen LogP contribution in [-0.4, -0.2) is 48.3 Å². The predicted molar refractivity (Wildman–Crippen MR) is 57.9 cm³/mol. The Kier molecular flexibility index (Phi) is 3.87. The van der Waals surface area contributed by atoms with Gasteiger partial charge in [0, 0.05) is 13.1 Å². The lowest BCUT2D eigenvalue weighted by atomic mass is 10.2. The van der Waals surface area contributed by atoms with Gasteiger partial charge >= 0.3 is 0 Å². The predicted octanol–water partition coefficient (Wildman–Crippen LogP) is 0.182. The molecule has 6 heteroatoms. The highest BCUT2D eigenvalue weighted by Crippen LogP contribution is 2.19. The van der Waals surface area contributed by atoms with E-state index in [1.54, 1.807) is 0 Å². The van der Waals surface area contributed by atoms with Crippen molar-refractivity contribution in [3.8, 4) is 0 Å². The summed E-state index contributed by atoms with van der Waals surface area (Å²) in [7, 11) is 1.85. The van der Waals surface area contributed by atoms with Gasteiger partial charge in [0.25, 0.3) is 0 Å². The van der Waals surface area contributed by atoms with Crippen LogP contribution in [0.4, 0.5) is 0 Å². The first-order chi connectivity index (χ1) is 7.83. The molecule has 0 spiro atoms. The van der Waals surface area contributed by atoms with Crippen molar-refractivity contribution in [1.82, 2.24) is 20.4 Å². The molecular formula is C10H18N4O2. The maximum absolute atomic E-state index is 5.64. The molecule has 1 N–H and O–H groups in total. The normalized spacial score (nSPS) is 22.5. The molecule has 6 nitrogen and oxygen atoms in total. The van der Waals surface area contributed by atoms with Crippen molar-refractivity contribution < 1.29 is 9.26 Å². The average molecular weight is 226 g/mol. The average Bonchev–Trinajstić information content (AvgIpc) is 2.78. The summed E-state index contributed by atoms with van der Waals surface area (Å²) >= 11 is 0. The Morgan fingerprint density at radius 1 is 1.56 bits per heavy atom. The summed E-state index contributed by atoms with van der Waals surface area (Å²) in [6.07, 6.45) is -0.0527. The maximum atomic E-state index is 5.64. The third-order valence-corrected chi connectivity index (χ3v) is 2.70. The van der Waals surface area contributed by atoms with Gasteiger partial charge in [-0.25, -0.2) is 0 Å². The van der Waals surface area contributed by atoms with Crippen LogP contribution in [0.3, 0.4) is 0 Å². The van der Waals surface area contributed by atoms with E-state index in [2.05, 4.69) is 27.3 Å². The lowest BCUT2D eigenvalue weighted by molar-refractivity contribution is -0.0334. The standard InChI is InChI=1S/C10H18N4O2/c1-3-14-4-5-15-8(7-14)10-12-9(6-11-2)16-13-10/h8,11H,3-7H2,1-2H3. The van der Waals surface area contributed by atoms with E-state index < -0.39 is 0 Å². The summed E-state index contributed by atoms with van der Waals surface area (Å²) in [5, 5.41) is 6.92. The van der Waals surface area contributed by atoms with Crippen LogP contribution < -0.4 is 5.32 Å². The Labute approximate surface area is 95.0 Å². The smallest absolute Gasteiger partial charge is 0.240 e. The van der Waals surface area contributed by atoms with E-state index in [1.807, 2.05) is 7.05 Å². The Morgan fingerprint density at radius 2 is 2.44 bits per heavy atom. The minimum atomic E-state index is -0.0527. The van der Waals surface area contributed by atoms with E-state index in [-0.39, 0.29) is 6.10 Å². The zero-order chi connectivity index (χ0) is 11.4. The third-order valence-electron chi connectivity index (χ3n) is 2.70. The Morgan fingerprint density at radius 3 is 3.19 bits per heavy atom. The van der Waals surface area contributed by atoms with Crippen LogP contribution in [0.2, 0.25) is 0 Å². The summed E-state index contributed by atoms with van der Waals surface area (Å²) < 4.78 is 10.7. The van der Waals surface area contributed by atoms with Gasteiger partial charge in [-0.2, -0.15) is 4.98 Å². The largest absolute Gasteiger partial charge is 0.367 e. The van der Waals surface area contributed by atoms with Crippen LogP contribution in [0.5, 0.6) is 0 Å². The fourth-order valence-electron chi connectivity index (χ4n) is 1.77. The molecule has 0 aliphatic carbocycles. The summed E-state index contributed by atoms with van der Waals surface area (Å²) in [5.41, 5.74) is 0. The summed E-state index contributed by atoms with van der Waals surface area (Å²) in [6.45, 7) is 6.32. The number of hydrogen-bond acceptors (Lipinski definition) is 6. The molecule has 1 aromatic rings. The molecule has 0 saturated carbocycles. The van der Waals surface area contributed by atoms with E-state index in [4.69, 9.17) is 9.26 Å². The second-order valence-corrected chi connectivity index (χ2v) is 3.83. The highest BCUT2D eigenvalue weighted by atomic mass is 16.5. The van der Waals surface area contributed by atoms with Crippen LogP contribution in [0.15, 0.2) is 4.52 Å². The molecular weight excluding hydrogens is 208 g/mol. The van der Waals surface area contributed by atoms with Crippen LogP contribution in [0.25, 0.3) is 0 Å². The number of aromatic nitrogens is 2. The molecule has 2 heterocycles. The van der Waals surface area contributed by atoms with Gasteiger partial charge in [0.05, 0.1) is 13.2 Å². The second-order valence-electron chi connectivity index (χ2n) is 3.83. The van der Waals surface area contributed by atoms with E-state index in [9.17, 15) is 0 Å². The highest BCUT2D eigenvalue weighted by Gasteiger charge is 2.25. The van der Waals surface area contributed by atoms with Gasteiger partial charge in [-0.3, -0.25) is 4.90 Å². The first-order valence-electron chi connectivity index (χ1n) is 5.64. The fourth-order valence-corrected chi connectivity index (χ4v) is 1.77. The Balaban J connectivity index is 1.99. The van der Waals surface area contributed by atoms with Crippen LogP contribution in [-0.2, 0) is 11.3 Å². The van der Waals surface area contributed by atoms with Crippen molar-refractivity contribution in [2.45, 2.75) is 19.6 Å². The Bertz CT molecular complexity index is 328. The van der Waals surface area contributed by atoms with Gasteiger partial charge in [-0.1, -0.05) is 12.1 Å². The molecule has 2 rings (SSSR count). The van der Waals surface area contributed by atoms with Gasteiger partial charge in [0.1, 0.15) is 6.10 Å². The van der Waals surface area contributed by atoms with Gasteiger partial charge < -0.3 is 14.6 Å². The van der Waals surface area contributed by atoms with Crippen molar-refractivity contribution >= 4 is 0 Å². The van der Waals surface area contributed by atoms with Crippen LogP contribution >= 0.6 is 0 Å². The van der Waals surface area contributed by atoms with Gasteiger partial charge in [-0.15, -0.1) is 0 Å². The lowest BCUT2D eigenvalue weighted by Gasteiger charge is -2.30. The maximum Gasteiger partial charge on any atom is 0.240 e. The van der Waals surface area contributed by atoms with Gasteiger partial charge in [-0.05, 0) is 13.6 Å². The Hall–Kier alpha value is -0.980. The first-order valence-corrected chi connectivity index (χ1v) is 5.64. The van der Waals surface area contributed by atoms with Crippen molar-refractivity contribution in [2.75, 3.05) is 33.3 Å². The molecule has 1 atom stereocenters. The number of likely N-dealkylation sites (N-methyl/N-ethyl adjacent to an activating group) is 1. The third kappa shape index (κ3) is 2.58. The molecule has 1 aromatic heterocycles. The van der Waals surface area contributed by atoms with Crippen molar-refractivity contribution in [2.24, 2.45) is 0 Å². The van der Waals surface area contributed by atoms with E-state index in [0.29, 0.717) is 18.3 Å². The monoisotopic (exact) mass is 226 g/mol. The molecule has 1 saturated heterocycles. The van der Waals surface area contributed by atoms with Crippen LogP contribution in [0, 0.1) is 0 Å². The zero-order valence-electron chi connectivity index (χ0n) is 9.77. The molecule has 0 radical (unpaired) electrons. The topological polar surface area (TPSA) is 63.4 Å². The number of hydrogen-bond donors (Lipinski definition) is 1. The number of nitrogens with zero attached hydrogens (tertiary/aromatic N) is 3.